The molecule has 0 saturated heterocycles. The van der Waals surface area contributed by atoms with Gasteiger partial charge in [0.05, 0.1) is 50.3 Å². The van der Waals surface area contributed by atoms with E-state index >= 15 is 0 Å². The van der Waals surface area contributed by atoms with E-state index in [1.54, 1.807) is 0 Å². The van der Waals surface area contributed by atoms with Gasteiger partial charge in [0.1, 0.15) is 0 Å². The summed E-state index contributed by atoms with van der Waals surface area (Å²) in [6.45, 7) is -3.56. The van der Waals surface area contributed by atoms with Crippen molar-refractivity contribution in [3.63, 3.8) is 0 Å². The molecule has 0 aromatic heterocycles. The van der Waals surface area contributed by atoms with E-state index in [0.29, 0.717) is 0 Å². The summed E-state index contributed by atoms with van der Waals surface area (Å²) in [6, 6.07) is 0. The molecule has 0 aromatic carbocycles. The molecule has 18 heteroatoms. The predicted molar refractivity (Wildman–Crippen MR) is 48.4 cm³/mol. The molecule has 0 aliphatic carbocycles. The van der Waals surface area contributed by atoms with Crippen LogP contribution in [-0.2, 0) is 19.2 Å². The normalized spacial score (nSPS) is 5.69. The molecule has 0 radical (unpaired) electrons. The number of carboxylic acid groups (broad SMARTS) is 4. The van der Waals surface area contributed by atoms with Crippen LogP contribution in [0.3, 0.4) is 0 Å². The summed E-state index contributed by atoms with van der Waals surface area (Å²) in [5, 5.41) is 66.0. The molecule has 0 unspecified atom stereocenters. The third-order valence-electron chi connectivity index (χ3n) is 0.516. The van der Waals surface area contributed by atoms with E-state index in [1.807, 2.05) is 0 Å². The number of rotatable bonds is 4. The van der Waals surface area contributed by atoms with Crippen LogP contribution in [0.15, 0.2) is 0 Å². The molecule has 152 valence electrons. The van der Waals surface area contributed by atoms with Crippen LogP contribution >= 0.6 is 0 Å². The van der Waals surface area contributed by atoms with Gasteiger partial charge < -0.3 is 110 Å². The van der Waals surface area contributed by atoms with Crippen LogP contribution < -0.4 is 70.1 Å². The van der Waals surface area contributed by atoms with Gasteiger partial charge in [-0.1, -0.05) is 0 Å². The number of aliphatic hydroxyl groups is 4. The molecule has 0 rings (SSSR count). The Morgan fingerprint density at radius 1 is 0.462 bits per heavy atom. The minimum Gasteiger partial charge on any atom is -1.00 e. The van der Waals surface area contributed by atoms with Gasteiger partial charge in [-0.2, -0.15) is 0 Å². The fraction of sp³-hybridized carbons (Fsp3) is 0.500. The topological polar surface area (TPSA) is 241 Å². The van der Waals surface area contributed by atoms with Crippen molar-refractivity contribution in [1.29, 1.82) is 0 Å². The minimum atomic E-state index is -1.44. The molecule has 0 bridgehead atoms. The molecular weight excluding hydrogens is 710 g/mol. The number of carbonyl (C=O) groups is 4. The van der Waals surface area contributed by atoms with Crippen molar-refractivity contribution in [2.24, 2.45) is 0 Å². The molecule has 0 heterocycles. The molecule has 0 aliphatic rings. The van der Waals surface area contributed by atoms with E-state index < -0.39 is 50.3 Å². The van der Waals surface area contributed by atoms with Crippen molar-refractivity contribution < 1.29 is 193 Å². The largest absolute Gasteiger partial charge is 4.00 e. The number of aliphatic hydroxyl groups excluding tert-OH is 4. The fourth-order valence-electron chi connectivity index (χ4n) is 0. The summed E-state index contributed by atoms with van der Waals surface area (Å²) in [6.07, 6.45) is 0. The van der Waals surface area contributed by atoms with Crippen LogP contribution in [0.5, 0.6) is 0 Å². The second kappa shape index (κ2) is 56.3. The third-order valence-corrected chi connectivity index (χ3v) is 0.516. The molecule has 0 atom stereocenters. The number of carbonyl (C=O) groups excluding carboxylic acids is 4. The second-order valence-electron chi connectivity index (χ2n) is 2.12. The maximum Gasteiger partial charge on any atom is 4.00 e. The van der Waals surface area contributed by atoms with Gasteiger partial charge in [-0.05, 0) is 0 Å². The number of hydrogen-bond donors (Lipinski definition) is 4. The average molecular weight is 722 g/mol. The molecule has 0 aromatic rings. The fourth-order valence-corrected chi connectivity index (χ4v) is 0. The summed E-state index contributed by atoms with van der Waals surface area (Å²) in [5.41, 5.74) is 0. The van der Waals surface area contributed by atoms with Gasteiger partial charge in [-0.3, -0.25) is 0 Å². The first-order valence-corrected chi connectivity index (χ1v) is 4.31. The van der Waals surface area contributed by atoms with Crippen molar-refractivity contribution in [2.75, 3.05) is 26.4 Å². The molecule has 0 fully saturated rings. The molecule has 0 aliphatic heterocycles. The van der Waals surface area contributed by atoms with Crippen molar-refractivity contribution in [1.82, 2.24) is 0 Å². The Bertz CT molecular complexity index is 242. The van der Waals surface area contributed by atoms with Crippen LogP contribution in [0.2, 0.25) is 0 Å². The van der Waals surface area contributed by atoms with Gasteiger partial charge >= 0.3 is 83.5 Å². The quantitative estimate of drug-likeness (QED) is 0.212. The zero-order chi connectivity index (χ0) is 17.1. The first kappa shape index (κ1) is 63.0. The van der Waals surface area contributed by atoms with Crippen LogP contribution in [-0.4, -0.2) is 70.7 Å². The Kier molecular flexibility index (Phi) is 136. The van der Waals surface area contributed by atoms with E-state index in [4.69, 9.17) is 60.0 Å². The van der Waals surface area contributed by atoms with Crippen molar-refractivity contribution in [2.45, 2.75) is 0 Å². The SMILES string of the molecule is O=C([O-])CO.O=C([O-])CO.O=C([O-])CO.O=C([O-])CO.[Ce+4].[Ce+4].[Cl-].[Cl-].[Cl-].[Cl-]. The third kappa shape index (κ3) is 168. The van der Waals surface area contributed by atoms with E-state index in [2.05, 4.69) is 0 Å². The molecule has 0 spiro atoms. The van der Waals surface area contributed by atoms with Crippen molar-refractivity contribution in [3.8, 4) is 0 Å². The summed E-state index contributed by atoms with van der Waals surface area (Å²) in [5.74, 6) is -5.76. The maximum absolute atomic E-state index is 9.01. The van der Waals surface area contributed by atoms with E-state index in [-0.39, 0.29) is 133 Å². The summed E-state index contributed by atoms with van der Waals surface area (Å²) >= 11 is 0. The van der Waals surface area contributed by atoms with E-state index in [9.17, 15) is 0 Å². The molecule has 12 nitrogen and oxygen atoms in total. The number of aliphatic carboxylic acids is 4. The Morgan fingerprint density at radius 3 is 0.500 bits per heavy atom. The van der Waals surface area contributed by atoms with Gasteiger partial charge in [0.25, 0.3) is 0 Å². The van der Waals surface area contributed by atoms with Gasteiger partial charge in [0.2, 0.25) is 0 Å². The summed E-state index contributed by atoms with van der Waals surface area (Å²) < 4.78 is 0. The van der Waals surface area contributed by atoms with Crippen LogP contribution in [0.1, 0.15) is 0 Å². The number of halogens is 4. The zero-order valence-corrected chi connectivity index (χ0v) is 21.7. The van der Waals surface area contributed by atoms with Crippen molar-refractivity contribution >= 4 is 23.9 Å². The van der Waals surface area contributed by atoms with Gasteiger partial charge in [-0.25, -0.2) is 0 Å². The number of hydrogen-bond acceptors (Lipinski definition) is 12. The molecular formula is C8H12Ce2Cl4O12. The zero-order valence-electron chi connectivity index (χ0n) is 12.4. The molecule has 0 saturated carbocycles. The van der Waals surface area contributed by atoms with Gasteiger partial charge in [-0.15, -0.1) is 0 Å². The van der Waals surface area contributed by atoms with Crippen molar-refractivity contribution in [3.05, 3.63) is 0 Å². The second-order valence-corrected chi connectivity index (χ2v) is 2.12. The monoisotopic (exact) mass is 720 g/mol. The molecule has 26 heavy (non-hydrogen) atoms. The maximum atomic E-state index is 9.01. The molecule has 4 N–H and O–H groups in total. The van der Waals surface area contributed by atoms with Crippen LogP contribution in [0, 0.1) is 83.5 Å². The van der Waals surface area contributed by atoms with E-state index in [1.165, 1.54) is 0 Å². The number of carboxylic acids is 4. The van der Waals surface area contributed by atoms with Gasteiger partial charge in [0.15, 0.2) is 0 Å². The Labute approximate surface area is 240 Å². The summed E-state index contributed by atoms with van der Waals surface area (Å²) in [4.78, 5) is 36.0. The summed E-state index contributed by atoms with van der Waals surface area (Å²) in [7, 11) is 0. The Hall–Kier alpha value is 1.63. The first-order chi connectivity index (χ1) is 9.08. The van der Waals surface area contributed by atoms with E-state index in [0.717, 1.165) is 0 Å². The standard InChI is InChI=1S/4C2H4O3.2Ce.4ClH/c4*3-1-2(4)5;;;;;;/h4*3H,1H2,(H,4,5);;;4*1H/q;;;;2*+4;;;;/p-8. The Balaban J connectivity index is -0.0000000152. The van der Waals surface area contributed by atoms with Gasteiger partial charge in [0, 0.05) is 0 Å². The average Bonchev–Trinajstić information content (AvgIpc) is 2.40. The minimum absolute atomic E-state index is 0. The predicted octanol–water partition coefficient (Wildman–Crippen LogP) is -21.1. The Morgan fingerprint density at radius 2 is 0.500 bits per heavy atom. The first-order valence-electron chi connectivity index (χ1n) is 4.31. The van der Waals surface area contributed by atoms with Crippen LogP contribution in [0.4, 0.5) is 0 Å². The molecule has 0 amide bonds. The smallest absolute Gasteiger partial charge is 1.00 e. The van der Waals surface area contributed by atoms with Crippen LogP contribution in [0.25, 0.3) is 0 Å².